The van der Waals surface area contributed by atoms with Crippen molar-refractivity contribution >= 4 is 5.91 Å². The Morgan fingerprint density at radius 2 is 1.96 bits per heavy atom. The molecule has 6 heteroatoms. The summed E-state index contributed by atoms with van der Waals surface area (Å²) in [6.45, 7) is 11.8. The Labute approximate surface area is 168 Å². The minimum absolute atomic E-state index is 0.145. The van der Waals surface area contributed by atoms with Gasteiger partial charge < -0.3 is 19.5 Å². The van der Waals surface area contributed by atoms with Crippen LogP contribution in [0.1, 0.15) is 36.5 Å². The van der Waals surface area contributed by atoms with Crippen LogP contribution < -0.4 is 4.74 Å². The van der Waals surface area contributed by atoms with E-state index in [1.807, 2.05) is 17.9 Å². The van der Waals surface area contributed by atoms with Gasteiger partial charge in [0.05, 0.1) is 13.2 Å². The molecule has 2 aliphatic heterocycles. The zero-order valence-corrected chi connectivity index (χ0v) is 17.7. The molecule has 1 aromatic carbocycles. The first kappa shape index (κ1) is 21.1. The Morgan fingerprint density at radius 3 is 2.64 bits per heavy atom. The molecule has 2 fully saturated rings. The first-order valence-electron chi connectivity index (χ1n) is 10.3. The molecule has 28 heavy (non-hydrogen) atoms. The molecule has 2 saturated heterocycles. The minimum Gasteiger partial charge on any atom is -0.490 e. The first-order chi connectivity index (χ1) is 13.3. The third kappa shape index (κ3) is 5.04. The summed E-state index contributed by atoms with van der Waals surface area (Å²) in [6.07, 6.45) is 1.87. The van der Waals surface area contributed by atoms with Crippen molar-refractivity contribution in [2.45, 2.75) is 52.2 Å². The number of ether oxygens (including phenoxy) is 2. The average Bonchev–Trinajstić information content (AvgIpc) is 2.86. The number of aliphatic hydroxyl groups is 1. The number of piperidine rings is 1. The van der Waals surface area contributed by atoms with Gasteiger partial charge in [0.15, 0.2) is 0 Å². The van der Waals surface area contributed by atoms with Crippen LogP contribution in [0.3, 0.4) is 0 Å². The van der Waals surface area contributed by atoms with Crippen molar-refractivity contribution in [1.29, 1.82) is 0 Å². The molecule has 0 aliphatic carbocycles. The zero-order chi connectivity index (χ0) is 20.3. The van der Waals surface area contributed by atoms with Gasteiger partial charge in [0.1, 0.15) is 18.0 Å². The number of aryl methyl sites for hydroxylation is 2. The van der Waals surface area contributed by atoms with E-state index < -0.39 is 5.60 Å². The maximum absolute atomic E-state index is 11.6. The Morgan fingerprint density at radius 1 is 1.25 bits per heavy atom. The molecule has 2 aliphatic rings. The Kier molecular flexibility index (Phi) is 6.63. The van der Waals surface area contributed by atoms with Gasteiger partial charge in [-0.1, -0.05) is 6.07 Å². The van der Waals surface area contributed by atoms with E-state index in [1.165, 1.54) is 5.56 Å². The van der Waals surface area contributed by atoms with Crippen molar-refractivity contribution in [2.75, 3.05) is 46.0 Å². The fourth-order valence-electron chi connectivity index (χ4n) is 4.25. The summed E-state index contributed by atoms with van der Waals surface area (Å²) >= 11 is 0. The number of likely N-dealkylation sites (tertiary alicyclic amines) is 1. The summed E-state index contributed by atoms with van der Waals surface area (Å²) < 4.78 is 11.8. The molecule has 1 amide bonds. The summed E-state index contributed by atoms with van der Waals surface area (Å²) in [6, 6.07) is 4.53. The Bertz CT molecular complexity index is 700. The predicted octanol–water partition coefficient (Wildman–Crippen LogP) is 2.06. The third-order valence-corrected chi connectivity index (χ3v) is 6.08. The van der Waals surface area contributed by atoms with Crippen molar-refractivity contribution < 1.29 is 19.4 Å². The van der Waals surface area contributed by atoms with Crippen LogP contribution in [-0.4, -0.2) is 78.5 Å². The van der Waals surface area contributed by atoms with Crippen molar-refractivity contribution in [1.82, 2.24) is 9.80 Å². The van der Waals surface area contributed by atoms with E-state index in [0.29, 0.717) is 19.2 Å². The topological polar surface area (TPSA) is 62.2 Å². The van der Waals surface area contributed by atoms with E-state index in [-0.39, 0.29) is 19.1 Å². The summed E-state index contributed by atoms with van der Waals surface area (Å²) in [7, 11) is 0. The second-order valence-electron chi connectivity index (χ2n) is 8.48. The average molecular weight is 391 g/mol. The number of benzene rings is 1. The van der Waals surface area contributed by atoms with Crippen LogP contribution in [0.25, 0.3) is 0 Å². The number of amides is 1. The molecular weight excluding hydrogens is 356 g/mol. The lowest BCUT2D eigenvalue weighted by Crippen LogP contribution is -2.53. The van der Waals surface area contributed by atoms with Crippen LogP contribution in [0, 0.1) is 20.8 Å². The van der Waals surface area contributed by atoms with Crippen molar-refractivity contribution in [3.8, 4) is 5.75 Å². The summed E-state index contributed by atoms with van der Waals surface area (Å²) in [4.78, 5) is 15.8. The van der Waals surface area contributed by atoms with E-state index in [2.05, 4.69) is 24.8 Å². The Balaban J connectivity index is 1.63. The lowest BCUT2D eigenvalue weighted by Gasteiger charge is -2.40. The van der Waals surface area contributed by atoms with E-state index in [9.17, 15) is 9.90 Å². The van der Waals surface area contributed by atoms with E-state index in [1.54, 1.807) is 6.92 Å². The van der Waals surface area contributed by atoms with Gasteiger partial charge in [0, 0.05) is 39.1 Å². The summed E-state index contributed by atoms with van der Waals surface area (Å²) in [5.74, 6) is 0.975. The lowest BCUT2D eigenvalue weighted by atomic mass is 9.99. The number of hydrogen-bond acceptors (Lipinski definition) is 5. The number of nitrogens with zero attached hydrogens (tertiary/aromatic N) is 2. The van der Waals surface area contributed by atoms with Crippen molar-refractivity contribution in [3.05, 3.63) is 28.8 Å². The highest BCUT2D eigenvalue weighted by Gasteiger charge is 2.37. The van der Waals surface area contributed by atoms with Crippen LogP contribution in [0.15, 0.2) is 12.1 Å². The van der Waals surface area contributed by atoms with Crippen LogP contribution in [0.2, 0.25) is 0 Å². The fourth-order valence-corrected chi connectivity index (χ4v) is 4.25. The SMILES string of the molecule is CC(=O)N1CCC(N2CCOCC(O)(COc3cc(C)cc(C)c3C)C2)CC1. The molecule has 0 aromatic heterocycles. The van der Waals surface area contributed by atoms with Crippen LogP contribution in [-0.2, 0) is 9.53 Å². The quantitative estimate of drug-likeness (QED) is 0.853. The molecule has 0 spiro atoms. The highest BCUT2D eigenvalue weighted by molar-refractivity contribution is 5.73. The van der Waals surface area contributed by atoms with Crippen LogP contribution in [0.4, 0.5) is 0 Å². The number of hydrogen-bond donors (Lipinski definition) is 1. The molecule has 1 unspecified atom stereocenters. The smallest absolute Gasteiger partial charge is 0.219 e. The number of rotatable bonds is 4. The van der Waals surface area contributed by atoms with E-state index in [4.69, 9.17) is 9.47 Å². The van der Waals surface area contributed by atoms with Crippen LogP contribution in [0.5, 0.6) is 5.75 Å². The van der Waals surface area contributed by atoms with Gasteiger partial charge >= 0.3 is 0 Å². The molecule has 0 radical (unpaired) electrons. The van der Waals surface area contributed by atoms with Crippen molar-refractivity contribution in [2.24, 2.45) is 0 Å². The van der Waals surface area contributed by atoms with E-state index >= 15 is 0 Å². The molecule has 2 heterocycles. The molecule has 6 nitrogen and oxygen atoms in total. The lowest BCUT2D eigenvalue weighted by molar-refractivity contribution is -0.130. The second-order valence-corrected chi connectivity index (χ2v) is 8.48. The number of carbonyl (C=O) groups excluding carboxylic acids is 1. The maximum Gasteiger partial charge on any atom is 0.219 e. The normalized spacial score (nSPS) is 24.8. The van der Waals surface area contributed by atoms with Gasteiger partial charge in [-0.3, -0.25) is 9.69 Å². The minimum atomic E-state index is -1.04. The summed E-state index contributed by atoms with van der Waals surface area (Å²) in [5.41, 5.74) is 2.41. The largest absolute Gasteiger partial charge is 0.490 e. The highest BCUT2D eigenvalue weighted by Crippen LogP contribution is 2.26. The number of β-amino-alcohol motifs (C(OH)–C–C–N with tert-alkyl or cyclic N) is 1. The highest BCUT2D eigenvalue weighted by atomic mass is 16.5. The van der Waals surface area contributed by atoms with Gasteiger partial charge in [0.25, 0.3) is 0 Å². The molecule has 0 bridgehead atoms. The molecule has 1 aromatic rings. The predicted molar refractivity (Wildman–Crippen MR) is 109 cm³/mol. The molecule has 156 valence electrons. The second kappa shape index (κ2) is 8.80. The van der Waals surface area contributed by atoms with Crippen LogP contribution >= 0.6 is 0 Å². The standard InChI is InChI=1S/C22H34N2O4/c1-16-11-17(2)18(3)21(12-16)28-15-22(26)13-24(9-10-27-14-22)20-5-7-23(8-6-20)19(4)25/h11-12,20,26H,5-10,13-15H2,1-4H3. The Hall–Kier alpha value is -1.63. The monoisotopic (exact) mass is 390 g/mol. The zero-order valence-electron chi connectivity index (χ0n) is 17.7. The maximum atomic E-state index is 11.6. The third-order valence-electron chi connectivity index (χ3n) is 6.08. The molecule has 3 rings (SSSR count). The molecule has 1 atom stereocenters. The summed E-state index contributed by atoms with van der Waals surface area (Å²) in [5, 5.41) is 11.2. The fraction of sp³-hybridized carbons (Fsp3) is 0.682. The van der Waals surface area contributed by atoms with Gasteiger partial charge in [-0.25, -0.2) is 0 Å². The van der Waals surface area contributed by atoms with E-state index in [0.717, 1.165) is 49.4 Å². The molecule has 0 saturated carbocycles. The molecular formula is C22H34N2O4. The van der Waals surface area contributed by atoms with Crippen molar-refractivity contribution in [3.63, 3.8) is 0 Å². The number of carbonyl (C=O) groups is 1. The van der Waals surface area contributed by atoms with Gasteiger partial charge in [-0.15, -0.1) is 0 Å². The first-order valence-corrected chi connectivity index (χ1v) is 10.3. The van der Waals surface area contributed by atoms with Gasteiger partial charge in [-0.2, -0.15) is 0 Å². The molecule has 1 N–H and O–H groups in total. The van der Waals surface area contributed by atoms with Gasteiger partial charge in [-0.05, 0) is 56.4 Å². The van der Waals surface area contributed by atoms with Gasteiger partial charge in [0.2, 0.25) is 5.91 Å².